The SMILES string of the molecule is Cc1cc(C(=O)NC(C)c2ccc(-n3cncn3)cc2)c(C)n1-c1ccccc1F. The van der Waals surface area contributed by atoms with Crippen LogP contribution < -0.4 is 5.32 Å². The van der Waals surface area contributed by atoms with E-state index in [2.05, 4.69) is 15.4 Å². The van der Waals surface area contributed by atoms with Gasteiger partial charge in [-0.15, -0.1) is 0 Å². The number of hydrogen-bond donors (Lipinski definition) is 1. The van der Waals surface area contributed by atoms with E-state index in [4.69, 9.17) is 0 Å². The number of nitrogens with one attached hydrogen (secondary N) is 1. The number of aryl methyl sites for hydroxylation is 1. The summed E-state index contributed by atoms with van der Waals surface area (Å²) in [6.07, 6.45) is 3.11. The Kier molecular flexibility index (Phi) is 5.18. The van der Waals surface area contributed by atoms with Gasteiger partial charge < -0.3 is 9.88 Å². The van der Waals surface area contributed by atoms with Crippen LogP contribution >= 0.6 is 0 Å². The van der Waals surface area contributed by atoms with Crippen LogP contribution in [0.3, 0.4) is 0 Å². The summed E-state index contributed by atoms with van der Waals surface area (Å²) in [6, 6.07) is 15.9. The molecule has 0 fully saturated rings. The molecule has 1 atom stereocenters. The minimum atomic E-state index is -0.327. The first-order valence-electron chi connectivity index (χ1n) is 9.65. The van der Waals surface area contributed by atoms with Crippen LogP contribution in [0.15, 0.2) is 67.3 Å². The Hall–Kier alpha value is -3.74. The Morgan fingerprint density at radius 2 is 1.83 bits per heavy atom. The Bertz CT molecular complexity index is 1180. The number of carbonyl (C=O) groups is 1. The predicted molar refractivity (Wildman–Crippen MR) is 112 cm³/mol. The number of rotatable bonds is 5. The number of aromatic nitrogens is 4. The molecule has 2 heterocycles. The molecule has 152 valence electrons. The molecule has 2 aromatic heterocycles. The predicted octanol–water partition coefficient (Wildman–Crippen LogP) is 4.30. The zero-order valence-electron chi connectivity index (χ0n) is 17.0. The highest BCUT2D eigenvalue weighted by Gasteiger charge is 2.20. The Morgan fingerprint density at radius 3 is 2.50 bits per heavy atom. The molecule has 4 rings (SSSR count). The van der Waals surface area contributed by atoms with Crippen molar-refractivity contribution in [3.05, 3.63) is 95.6 Å². The molecule has 1 N–H and O–H groups in total. The third kappa shape index (κ3) is 3.61. The second-order valence-electron chi connectivity index (χ2n) is 7.20. The van der Waals surface area contributed by atoms with E-state index < -0.39 is 0 Å². The molecule has 0 spiro atoms. The summed E-state index contributed by atoms with van der Waals surface area (Å²) in [4.78, 5) is 16.9. The van der Waals surface area contributed by atoms with Crippen LogP contribution in [0.4, 0.5) is 4.39 Å². The summed E-state index contributed by atoms with van der Waals surface area (Å²) >= 11 is 0. The molecule has 0 aliphatic heterocycles. The normalized spacial score (nSPS) is 12.0. The molecule has 30 heavy (non-hydrogen) atoms. The topological polar surface area (TPSA) is 64.7 Å². The molecule has 1 unspecified atom stereocenters. The van der Waals surface area contributed by atoms with Gasteiger partial charge in [0.05, 0.1) is 23.0 Å². The van der Waals surface area contributed by atoms with E-state index >= 15 is 0 Å². The summed E-state index contributed by atoms with van der Waals surface area (Å²) < 4.78 is 17.7. The van der Waals surface area contributed by atoms with Crippen molar-refractivity contribution in [2.45, 2.75) is 26.8 Å². The largest absolute Gasteiger partial charge is 0.345 e. The number of halogens is 1. The lowest BCUT2D eigenvalue weighted by Gasteiger charge is -2.15. The maximum atomic E-state index is 14.3. The highest BCUT2D eigenvalue weighted by atomic mass is 19.1. The van der Waals surface area contributed by atoms with Crippen molar-refractivity contribution in [1.29, 1.82) is 0 Å². The van der Waals surface area contributed by atoms with Crippen LogP contribution in [0.25, 0.3) is 11.4 Å². The fourth-order valence-corrected chi connectivity index (χ4v) is 3.61. The molecule has 2 aromatic carbocycles. The molecular formula is C23H22FN5O. The fourth-order valence-electron chi connectivity index (χ4n) is 3.61. The minimum Gasteiger partial charge on any atom is -0.345 e. The Morgan fingerprint density at radius 1 is 1.10 bits per heavy atom. The van der Waals surface area contributed by atoms with Gasteiger partial charge in [-0.3, -0.25) is 4.79 Å². The van der Waals surface area contributed by atoms with Crippen LogP contribution in [0.1, 0.15) is 40.3 Å². The average Bonchev–Trinajstić information content (AvgIpc) is 3.37. The van der Waals surface area contributed by atoms with E-state index in [9.17, 15) is 9.18 Å². The Labute approximate surface area is 174 Å². The second kappa shape index (κ2) is 7.94. The number of carbonyl (C=O) groups excluding carboxylic acids is 1. The lowest BCUT2D eigenvalue weighted by molar-refractivity contribution is 0.0939. The first-order chi connectivity index (χ1) is 14.5. The van der Waals surface area contributed by atoms with Gasteiger partial charge >= 0.3 is 0 Å². The van der Waals surface area contributed by atoms with E-state index in [0.29, 0.717) is 16.9 Å². The summed E-state index contributed by atoms with van der Waals surface area (Å²) in [7, 11) is 0. The van der Waals surface area contributed by atoms with Gasteiger partial charge in [-0.05, 0) is 56.7 Å². The first kappa shape index (κ1) is 19.6. The third-order valence-electron chi connectivity index (χ3n) is 5.19. The number of hydrogen-bond acceptors (Lipinski definition) is 3. The van der Waals surface area contributed by atoms with E-state index in [1.165, 1.54) is 12.4 Å². The van der Waals surface area contributed by atoms with Gasteiger partial charge in [0, 0.05) is 11.4 Å². The molecule has 0 aliphatic carbocycles. The number of benzene rings is 2. The maximum Gasteiger partial charge on any atom is 0.253 e. The quantitative estimate of drug-likeness (QED) is 0.540. The van der Waals surface area contributed by atoms with Crippen LogP contribution in [-0.2, 0) is 0 Å². The monoisotopic (exact) mass is 403 g/mol. The van der Waals surface area contributed by atoms with Crippen molar-refractivity contribution in [2.24, 2.45) is 0 Å². The fraction of sp³-hybridized carbons (Fsp3) is 0.174. The van der Waals surface area contributed by atoms with Crippen LogP contribution in [0, 0.1) is 19.7 Å². The zero-order chi connectivity index (χ0) is 21.3. The van der Waals surface area contributed by atoms with Crippen molar-refractivity contribution >= 4 is 5.91 Å². The smallest absolute Gasteiger partial charge is 0.253 e. The van der Waals surface area contributed by atoms with Crippen LogP contribution in [0.5, 0.6) is 0 Å². The molecule has 0 radical (unpaired) electrons. The van der Waals surface area contributed by atoms with Crippen LogP contribution in [0.2, 0.25) is 0 Å². The van der Waals surface area contributed by atoms with Gasteiger partial charge in [0.1, 0.15) is 18.5 Å². The summed E-state index contributed by atoms with van der Waals surface area (Å²) in [5.41, 5.74) is 4.32. The van der Waals surface area contributed by atoms with Crippen LogP contribution in [-0.4, -0.2) is 25.2 Å². The van der Waals surface area contributed by atoms with Gasteiger partial charge in [0.25, 0.3) is 5.91 Å². The molecule has 7 heteroatoms. The van der Waals surface area contributed by atoms with E-state index in [0.717, 1.165) is 16.9 Å². The van der Waals surface area contributed by atoms with Gasteiger partial charge in [0.15, 0.2) is 0 Å². The minimum absolute atomic E-state index is 0.196. The van der Waals surface area contributed by atoms with Crippen molar-refractivity contribution in [1.82, 2.24) is 24.6 Å². The summed E-state index contributed by atoms with van der Waals surface area (Å²) in [5.74, 6) is -0.523. The highest BCUT2D eigenvalue weighted by Crippen LogP contribution is 2.24. The molecule has 6 nitrogen and oxygen atoms in total. The number of amides is 1. The van der Waals surface area contributed by atoms with Crippen molar-refractivity contribution < 1.29 is 9.18 Å². The van der Waals surface area contributed by atoms with E-state index in [1.807, 2.05) is 45.0 Å². The molecule has 0 aliphatic rings. The van der Waals surface area contributed by atoms with E-state index in [1.54, 1.807) is 39.8 Å². The number of nitrogens with zero attached hydrogens (tertiary/aromatic N) is 4. The van der Waals surface area contributed by atoms with Gasteiger partial charge in [-0.25, -0.2) is 14.1 Å². The van der Waals surface area contributed by atoms with Crippen molar-refractivity contribution in [2.75, 3.05) is 0 Å². The molecule has 4 aromatic rings. The third-order valence-corrected chi connectivity index (χ3v) is 5.19. The Balaban J connectivity index is 1.54. The summed E-state index contributed by atoms with van der Waals surface area (Å²) in [5, 5.41) is 7.14. The molecular weight excluding hydrogens is 381 g/mol. The lowest BCUT2D eigenvalue weighted by atomic mass is 10.1. The lowest BCUT2D eigenvalue weighted by Crippen LogP contribution is -2.27. The summed E-state index contributed by atoms with van der Waals surface area (Å²) in [6.45, 7) is 5.62. The molecule has 0 saturated heterocycles. The molecule has 0 bridgehead atoms. The maximum absolute atomic E-state index is 14.3. The average molecular weight is 403 g/mol. The standard InChI is InChI=1S/C23H22FN5O/c1-15-12-20(17(3)29(15)22-7-5-4-6-21(22)24)23(30)27-16(2)18-8-10-19(11-9-18)28-14-25-13-26-28/h4-14,16H,1-3H3,(H,27,30). The first-order valence-corrected chi connectivity index (χ1v) is 9.65. The van der Waals surface area contributed by atoms with Gasteiger partial charge in [0.2, 0.25) is 0 Å². The molecule has 1 amide bonds. The van der Waals surface area contributed by atoms with Crippen molar-refractivity contribution in [3.63, 3.8) is 0 Å². The molecule has 0 saturated carbocycles. The number of para-hydroxylation sites is 1. The van der Waals surface area contributed by atoms with Crippen molar-refractivity contribution in [3.8, 4) is 11.4 Å². The van der Waals surface area contributed by atoms with Gasteiger partial charge in [-0.2, -0.15) is 5.10 Å². The second-order valence-corrected chi connectivity index (χ2v) is 7.20. The zero-order valence-corrected chi connectivity index (χ0v) is 17.0. The highest BCUT2D eigenvalue weighted by molar-refractivity contribution is 5.96. The van der Waals surface area contributed by atoms with E-state index in [-0.39, 0.29) is 17.8 Å². The van der Waals surface area contributed by atoms with Gasteiger partial charge in [-0.1, -0.05) is 24.3 Å².